The van der Waals surface area contributed by atoms with Gasteiger partial charge in [-0.15, -0.1) is 0 Å². The van der Waals surface area contributed by atoms with E-state index < -0.39 is 14.3 Å². The molecule has 2 atom stereocenters. The van der Waals surface area contributed by atoms with Crippen molar-refractivity contribution in [2.45, 2.75) is 90.4 Å². The number of carboxylic acids is 1. The maximum atomic E-state index is 12.6. The normalized spacial score (nSPS) is 13.8. The molecule has 0 radical (unpaired) electrons. The van der Waals surface area contributed by atoms with Crippen LogP contribution in [-0.2, 0) is 10.8 Å². The van der Waals surface area contributed by atoms with Crippen molar-refractivity contribution in [3.63, 3.8) is 0 Å². The molecule has 0 bridgehead atoms. The number of hydrogen-bond donors (Lipinski definition) is 1. The van der Waals surface area contributed by atoms with Gasteiger partial charge < -0.3 is 14.1 Å². The van der Waals surface area contributed by atoms with Gasteiger partial charge >= 0.3 is 5.97 Å². The summed E-state index contributed by atoms with van der Waals surface area (Å²) >= 11 is 16.2. The molecule has 0 saturated carbocycles. The number of hydrogen-bond acceptors (Lipinski definition) is 3. The molecule has 3 rings (SSSR count). The number of carbonyl (C=O) groups is 1. The highest BCUT2D eigenvalue weighted by Crippen LogP contribution is 2.43. The highest BCUT2D eigenvalue weighted by atomic mass is 79.9. The molecule has 0 amide bonds. The molecular formula is C31H41BrCl2N2O3Si. The van der Waals surface area contributed by atoms with Crippen LogP contribution in [0.15, 0.2) is 47.2 Å². The lowest BCUT2D eigenvalue weighted by molar-refractivity contribution is 0.0689. The quantitative estimate of drug-likeness (QED) is 0.195. The van der Waals surface area contributed by atoms with Crippen molar-refractivity contribution in [1.29, 1.82) is 0 Å². The van der Waals surface area contributed by atoms with Crippen molar-refractivity contribution < 1.29 is 14.3 Å². The maximum Gasteiger partial charge on any atom is 0.356 e. The van der Waals surface area contributed by atoms with E-state index >= 15 is 0 Å². The molecule has 5 nitrogen and oxygen atoms in total. The second-order valence-corrected chi connectivity index (χ2v) is 18.7. The Morgan fingerprint density at radius 2 is 1.52 bits per heavy atom. The summed E-state index contributed by atoms with van der Waals surface area (Å²) in [6.45, 7) is 18.2. The van der Waals surface area contributed by atoms with Crippen LogP contribution in [0, 0.1) is 6.92 Å². The number of aryl methyl sites for hydroxylation is 1. The minimum Gasteiger partial charge on any atom is -0.476 e. The molecule has 0 aliphatic heterocycles. The highest BCUT2D eigenvalue weighted by molar-refractivity contribution is 9.10. The zero-order valence-electron chi connectivity index (χ0n) is 24.6. The molecule has 1 aromatic heterocycles. The van der Waals surface area contributed by atoms with Gasteiger partial charge in [0.2, 0.25) is 0 Å². The first-order chi connectivity index (χ1) is 18.7. The van der Waals surface area contributed by atoms with E-state index in [4.69, 9.17) is 27.6 Å². The Hall–Kier alpha value is -1.64. The van der Waals surface area contributed by atoms with Crippen molar-refractivity contribution in [3.8, 4) is 0 Å². The number of imidazole rings is 1. The van der Waals surface area contributed by atoms with Gasteiger partial charge in [0, 0.05) is 16.0 Å². The van der Waals surface area contributed by atoms with Gasteiger partial charge in [0.25, 0.3) is 0 Å². The van der Waals surface area contributed by atoms with Crippen LogP contribution < -0.4 is 0 Å². The van der Waals surface area contributed by atoms with Crippen molar-refractivity contribution in [2.75, 3.05) is 6.61 Å². The van der Waals surface area contributed by atoms with Gasteiger partial charge in [-0.05, 0) is 93.8 Å². The van der Waals surface area contributed by atoms with Crippen LogP contribution >= 0.6 is 39.1 Å². The van der Waals surface area contributed by atoms with E-state index in [0.717, 1.165) is 16.7 Å². The Bertz CT molecular complexity index is 1300. The third-order valence-corrected chi connectivity index (χ3v) is 15.3. The molecule has 0 aliphatic rings. The Kier molecular flexibility index (Phi) is 11.1. The number of aromatic nitrogens is 2. The smallest absolute Gasteiger partial charge is 0.356 e. The standard InChI is InChI=1S/C31H41BrCl2N2O3Si/c1-18(2)40(19(3)4,20(5)6)39-17-22(8)36-29(28(30(37)38)35-31(36)32)27(23-10-13-25(33)14-11-23)16-24-15-26(34)12-9-21(24)7/h9-15,18-20,22,27H,16-17H2,1-8H3,(H,37,38)/t22-,27?/m0/s1. The van der Waals surface area contributed by atoms with Crippen molar-refractivity contribution in [1.82, 2.24) is 9.55 Å². The van der Waals surface area contributed by atoms with E-state index in [0.29, 0.717) is 50.1 Å². The molecule has 1 N–H and O–H groups in total. The van der Waals surface area contributed by atoms with Crippen molar-refractivity contribution in [3.05, 3.63) is 85.3 Å². The predicted octanol–water partition coefficient (Wildman–Crippen LogP) is 10.1. The van der Waals surface area contributed by atoms with E-state index in [2.05, 4.69) is 69.4 Å². The number of halogens is 3. The lowest BCUT2D eigenvalue weighted by Crippen LogP contribution is -2.48. The first-order valence-electron chi connectivity index (χ1n) is 13.9. The monoisotopic (exact) mass is 666 g/mol. The van der Waals surface area contributed by atoms with E-state index in [-0.39, 0.29) is 17.7 Å². The van der Waals surface area contributed by atoms with Gasteiger partial charge in [-0.25, -0.2) is 9.78 Å². The summed E-state index contributed by atoms with van der Waals surface area (Å²) in [7, 11) is -2.14. The summed E-state index contributed by atoms with van der Waals surface area (Å²) in [5.41, 5.74) is 5.04. The van der Waals surface area contributed by atoms with E-state index in [1.165, 1.54) is 0 Å². The molecule has 0 saturated heterocycles. The number of aromatic carboxylic acids is 1. The third kappa shape index (κ3) is 6.87. The predicted molar refractivity (Wildman–Crippen MR) is 172 cm³/mol. The van der Waals surface area contributed by atoms with Crippen molar-refractivity contribution >= 4 is 53.4 Å². The van der Waals surface area contributed by atoms with Gasteiger partial charge in [-0.1, -0.05) is 82.9 Å². The van der Waals surface area contributed by atoms with Crippen molar-refractivity contribution in [2.24, 2.45) is 0 Å². The summed E-state index contributed by atoms with van der Waals surface area (Å²) in [6.07, 6.45) is 0.544. The molecule has 9 heteroatoms. The second-order valence-electron chi connectivity index (χ2n) is 11.6. The Balaban J connectivity index is 2.18. The number of carboxylic acid groups (broad SMARTS) is 1. The Labute approximate surface area is 258 Å². The molecule has 3 aromatic rings. The van der Waals surface area contributed by atoms with Crippen LogP contribution in [-0.4, -0.2) is 35.6 Å². The van der Waals surface area contributed by atoms with E-state index in [1.54, 1.807) is 0 Å². The third-order valence-electron chi connectivity index (χ3n) is 8.17. The molecule has 218 valence electrons. The van der Waals surface area contributed by atoms with Gasteiger partial charge in [-0.2, -0.15) is 0 Å². The summed E-state index contributed by atoms with van der Waals surface area (Å²) in [4.78, 5) is 17.1. The summed E-state index contributed by atoms with van der Waals surface area (Å²) < 4.78 is 9.43. The average molecular weight is 669 g/mol. The summed E-state index contributed by atoms with van der Waals surface area (Å²) in [5, 5.41) is 11.6. The second kappa shape index (κ2) is 13.6. The highest BCUT2D eigenvalue weighted by Gasteiger charge is 2.45. The van der Waals surface area contributed by atoms with Crippen LogP contribution in [0.25, 0.3) is 0 Å². The molecule has 2 aromatic carbocycles. The number of rotatable bonds is 12. The fraction of sp³-hybridized carbons (Fsp3) is 0.484. The SMILES string of the molecule is Cc1ccc(Cl)cc1CC(c1ccc(Cl)cc1)c1c(C(=O)O)nc(Br)n1[C@@H](C)CO[Si](C(C)C)(C(C)C)C(C)C. The lowest BCUT2D eigenvalue weighted by atomic mass is 9.86. The van der Waals surface area contributed by atoms with Crippen LogP contribution in [0.2, 0.25) is 26.7 Å². The number of benzene rings is 2. The minimum atomic E-state index is -2.14. The fourth-order valence-electron chi connectivity index (χ4n) is 6.31. The molecule has 40 heavy (non-hydrogen) atoms. The van der Waals surface area contributed by atoms with Gasteiger partial charge in [-0.3, -0.25) is 0 Å². The molecule has 1 unspecified atom stereocenters. The van der Waals surface area contributed by atoms with E-state index in [1.807, 2.05) is 54.0 Å². The fourth-order valence-corrected chi connectivity index (χ4v) is 12.9. The topological polar surface area (TPSA) is 64.3 Å². The van der Waals surface area contributed by atoms with Gasteiger partial charge in [0.15, 0.2) is 18.7 Å². The zero-order valence-corrected chi connectivity index (χ0v) is 28.7. The van der Waals surface area contributed by atoms with Crippen LogP contribution in [0.4, 0.5) is 0 Å². The lowest BCUT2D eigenvalue weighted by Gasteiger charge is -2.43. The summed E-state index contributed by atoms with van der Waals surface area (Å²) in [5.74, 6) is -1.39. The molecule has 0 aliphatic carbocycles. The first-order valence-corrected chi connectivity index (χ1v) is 17.5. The van der Waals surface area contributed by atoms with Crippen LogP contribution in [0.3, 0.4) is 0 Å². The molecule has 0 spiro atoms. The van der Waals surface area contributed by atoms with Gasteiger partial charge in [0.05, 0.1) is 18.3 Å². The average Bonchev–Trinajstić information content (AvgIpc) is 3.22. The van der Waals surface area contributed by atoms with Gasteiger partial charge in [0.1, 0.15) is 0 Å². The molecule has 1 heterocycles. The summed E-state index contributed by atoms with van der Waals surface area (Å²) in [6, 6.07) is 13.2. The first kappa shape index (κ1) is 32.9. The molecule has 0 fully saturated rings. The Morgan fingerprint density at radius 3 is 2.05 bits per heavy atom. The zero-order chi connectivity index (χ0) is 29.9. The van der Waals surface area contributed by atoms with E-state index in [9.17, 15) is 9.90 Å². The molecular weight excluding hydrogens is 627 g/mol. The number of nitrogens with zero attached hydrogens (tertiary/aromatic N) is 2. The van der Waals surface area contributed by atoms with Crippen LogP contribution in [0.1, 0.15) is 93.3 Å². The Morgan fingerprint density at radius 1 is 0.975 bits per heavy atom. The largest absolute Gasteiger partial charge is 0.476 e. The maximum absolute atomic E-state index is 12.6. The van der Waals surface area contributed by atoms with Crippen LogP contribution in [0.5, 0.6) is 0 Å². The minimum absolute atomic E-state index is 0.0263.